The van der Waals surface area contributed by atoms with Crippen molar-refractivity contribution in [1.82, 2.24) is 25.5 Å². The van der Waals surface area contributed by atoms with E-state index in [2.05, 4.69) is 32.2 Å². The minimum absolute atomic E-state index is 0.0898. The average Bonchev–Trinajstić information content (AvgIpc) is 3.53. The molecule has 1 saturated carbocycles. The smallest absolute Gasteiger partial charge is 0.318 e. The van der Waals surface area contributed by atoms with E-state index in [9.17, 15) is 4.79 Å². The number of amidine groups is 1. The van der Waals surface area contributed by atoms with Gasteiger partial charge in [0.2, 0.25) is 5.95 Å². The van der Waals surface area contributed by atoms with Crippen LogP contribution in [0.15, 0.2) is 29.9 Å². The summed E-state index contributed by atoms with van der Waals surface area (Å²) in [7, 11) is 1.66. The summed E-state index contributed by atoms with van der Waals surface area (Å²) in [5.74, 6) is 1.27. The highest BCUT2D eigenvalue weighted by molar-refractivity contribution is 6.32. The molecule has 182 valence electrons. The monoisotopic (exact) mass is 485 g/mol. The molecule has 2 aromatic rings. The number of fused-ring (bicyclic) bond motifs is 1. The Morgan fingerprint density at radius 2 is 2.09 bits per heavy atom. The van der Waals surface area contributed by atoms with Crippen molar-refractivity contribution in [3.8, 4) is 17.0 Å². The first-order valence-corrected chi connectivity index (χ1v) is 11.7. The number of aryl methyl sites for hydroxylation is 1. The number of halogens is 1. The quantitative estimate of drug-likeness (QED) is 0.419. The van der Waals surface area contributed by atoms with Crippen LogP contribution in [0.2, 0.25) is 5.02 Å². The Bertz CT molecular complexity index is 1100. The Morgan fingerprint density at radius 3 is 2.74 bits per heavy atom. The summed E-state index contributed by atoms with van der Waals surface area (Å²) in [5.41, 5.74) is 10.1. The van der Waals surface area contributed by atoms with Gasteiger partial charge < -0.3 is 26.0 Å². The number of nitrogen functional groups attached to an aromatic ring is 1. The van der Waals surface area contributed by atoms with Gasteiger partial charge in [0.15, 0.2) is 0 Å². The van der Waals surface area contributed by atoms with Crippen molar-refractivity contribution in [2.45, 2.75) is 52.7 Å². The van der Waals surface area contributed by atoms with Crippen molar-refractivity contribution in [3.63, 3.8) is 0 Å². The molecule has 9 nitrogen and oxygen atoms in total. The summed E-state index contributed by atoms with van der Waals surface area (Å²) >= 11 is 6.44. The molecule has 1 aliphatic heterocycles. The van der Waals surface area contributed by atoms with E-state index in [4.69, 9.17) is 22.1 Å². The number of nitrogens with zero attached hydrogens (tertiary/aromatic N) is 4. The number of hydrogen-bond acceptors (Lipinski definition) is 6. The highest BCUT2D eigenvalue weighted by atomic mass is 35.5. The summed E-state index contributed by atoms with van der Waals surface area (Å²) in [4.78, 5) is 27.3. The van der Waals surface area contributed by atoms with Crippen LogP contribution < -0.4 is 21.1 Å². The van der Waals surface area contributed by atoms with Crippen LogP contribution in [0.25, 0.3) is 11.3 Å². The Kier molecular flexibility index (Phi) is 8.33. The summed E-state index contributed by atoms with van der Waals surface area (Å²) in [6, 6.07) is 3.86. The van der Waals surface area contributed by atoms with Gasteiger partial charge in [0.25, 0.3) is 0 Å². The van der Waals surface area contributed by atoms with Crippen LogP contribution in [0.5, 0.6) is 5.75 Å². The van der Waals surface area contributed by atoms with Crippen LogP contribution in [0.3, 0.4) is 0 Å². The van der Waals surface area contributed by atoms with Gasteiger partial charge in [-0.25, -0.2) is 14.8 Å². The fraction of sp³-hybridized carbons (Fsp3) is 0.417. The molecule has 0 spiro atoms. The zero-order valence-electron chi connectivity index (χ0n) is 20.1. The third-order valence-electron chi connectivity index (χ3n) is 5.43. The number of ether oxygens (including phenoxy) is 1. The second kappa shape index (κ2) is 11.2. The van der Waals surface area contributed by atoms with Crippen LogP contribution in [0.4, 0.5) is 10.7 Å². The van der Waals surface area contributed by atoms with E-state index in [1.54, 1.807) is 11.9 Å². The molecule has 1 fully saturated rings. The van der Waals surface area contributed by atoms with E-state index in [1.807, 2.05) is 32.9 Å². The summed E-state index contributed by atoms with van der Waals surface area (Å²) in [6.07, 6.45) is 3.60. The Morgan fingerprint density at radius 1 is 1.35 bits per heavy atom. The van der Waals surface area contributed by atoms with E-state index in [-0.39, 0.29) is 24.6 Å². The predicted octanol–water partition coefficient (Wildman–Crippen LogP) is 4.04. The molecule has 10 heteroatoms. The lowest BCUT2D eigenvalue weighted by Gasteiger charge is -2.16. The topological polar surface area (TPSA) is 118 Å². The number of amides is 2. The van der Waals surface area contributed by atoms with E-state index in [0.29, 0.717) is 35.4 Å². The predicted molar refractivity (Wildman–Crippen MR) is 136 cm³/mol. The van der Waals surface area contributed by atoms with Crippen molar-refractivity contribution in [2.75, 3.05) is 19.4 Å². The molecule has 34 heavy (non-hydrogen) atoms. The maximum atomic E-state index is 12.6. The summed E-state index contributed by atoms with van der Waals surface area (Å²) < 4.78 is 5.90. The number of aromatic nitrogens is 2. The lowest BCUT2D eigenvalue weighted by Crippen LogP contribution is -2.37. The Balaban J connectivity index is 0.00000158. The Labute approximate surface area is 205 Å². The zero-order chi connectivity index (χ0) is 24.8. The third kappa shape index (κ3) is 5.77. The number of aliphatic imine (C=N–C) groups is 1. The van der Waals surface area contributed by atoms with Gasteiger partial charge in [0.05, 0.1) is 29.5 Å². The number of urea groups is 1. The van der Waals surface area contributed by atoms with E-state index in [1.165, 1.54) is 6.20 Å². The normalized spacial score (nSPS) is 14.6. The SMILES string of the molecule is C=CNC(COc1cc(-c2nc(N)nc3c2CN(C(=O)NC2CC2)C3)c(C)cc1Cl)=NC.CC. The molecule has 1 aliphatic carbocycles. The van der Waals surface area contributed by atoms with Crippen LogP contribution in [-0.4, -0.2) is 46.4 Å². The minimum Gasteiger partial charge on any atom is -0.484 e. The third-order valence-corrected chi connectivity index (χ3v) is 5.72. The van der Waals surface area contributed by atoms with Crippen molar-refractivity contribution in [1.29, 1.82) is 0 Å². The molecule has 0 unspecified atom stereocenters. The van der Waals surface area contributed by atoms with Gasteiger partial charge in [-0.05, 0) is 43.7 Å². The lowest BCUT2D eigenvalue weighted by molar-refractivity contribution is 0.197. The first-order chi connectivity index (χ1) is 16.4. The van der Waals surface area contributed by atoms with Gasteiger partial charge in [0.1, 0.15) is 18.2 Å². The van der Waals surface area contributed by atoms with E-state index < -0.39 is 0 Å². The molecule has 2 amide bonds. The number of benzene rings is 1. The fourth-order valence-corrected chi connectivity index (χ4v) is 3.86. The molecule has 1 aromatic heterocycles. The van der Waals surface area contributed by atoms with E-state index >= 15 is 0 Å². The number of nitrogens with two attached hydrogens (primary N) is 1. The van der Waals surface area contributed by atoms with Crippen molar-refractivity contribution in [3.05, 3.63) is 46.8 Å². The van der Waals surface area contributed by atoms with E-state index in [0.717, 1.165) is 35.2 Å². The van der Waals surface area contributed by atoms with Crippen molar-refractivity contribution < 1.29 is 9.53 Å². The standard InChI is InChI=1S/C22H26ClN7O2.C2H6/c1-4-26-19(25-3)11-32-18-8-14(12(2)7-16(18)23)20-15-9-30(22(31)27-13-5-6-13)10-17(15)28-21(24)29-20;1-2/h4,7-8,13H,1,5-6,9-11H2,2-3H3,(H,25,26)(H,27,31)(H2,24,28,29);1-2H3. The molecular weight excluding hydrogens is 454 g/mol. The molecule has 2 aliphatic rings. The number of anilines is 1. The highest BCUT2D eigenvalue weighted by Crippen LogP contribution is 2.37. The minimum atomic E-state index is -0.0898. The first kappa shape index (κ1) is 25.3. The largest absolute Gasteiger partial charge is 0.484 e. The number of carbonyl (C=O) groups excluding carboxylic acids is 1. The fourth-order valence-electron chi connectivity index (χ4n) is 3.59. The number of nitrogens with one attached hydrogen (secondary N) is 2. The zero-order valence-corrected chi connectivity index (χ0v) is 20.9. The molecule has 2 heterocycles. The molecule has 1 aromatic carbocycles. The summed E-state index contributed by atoms with van der Waals surface area (Å²) in [6.45, 7) is 10.6. The lowest BCUT2D eigenvalue weighted by atomic mass is 10.0. The molecule has 4 N–H and O–H groups in total. The number of carbonyl (C=O) groups is 1. The van der Waals surface area contributed by atoms with Gasteiger partial charge in [-0.2, -0.15) is 0 Å². The molecule has 4 rings (SSSR count). The van der Waals surface area contributed by atoms with Crippen LogP contribution in [-0.2, 0) is 13.1 Å². The molecular formula is C24H32ClN7O2. The van der Waals surface area contributed by atoms with Crippen LogP contribution >= 0.6 is 11.6 Å². The summed E-state index contributed by atoms with van der Waals surface area (Å²) in [5, 5.41) is 6.42. The van der Waals surface area contributed by atoms with Crippen LogP contribution in [0.1, 0.15) is 43.5 Å². The highest BCUT2D eigenvalue weighted by Gasteiger charge is 2.32. The van der Waals surface area contributed by atoms with Gasteiger partial charge >= 0.3 is 6.03 Å². The second-order valence-electron chi connectivity index (χ2n) is 7.84. The van der Waals surface area contributed by atoms with Gasteiger partial charge in [0, 0.05) is 24.2 Å². The Hall–Kier alpha value is -3.33. The van der Waals surface area contributed by atoms with Crippen LogP contribution in [0, 0.1) is 6.92 Å². The number of rotatable bonds is 6. The van der Waals surface area contributed by atoms with Crippen molar-refractivity contribution in [2.24, 2.45) is 4.99 Å². The maximum absolute atomic E-state index is 12.6. The molecule has 0 radical (unpaired) electrons. The molecule has 0 saturated heterocycles. The van der Waals surface area contributed by atoms with Crippen molar-refractivity contribution >= 4 is 29.4 Å². The van der Waals surface area contributed by atoms with Gasteiger partial charge in [-0.1, -0.05) is 32.0 Å². The van der Waals surface area contributed by atoms with Gasteiger partial charge in [-0.15, -0.1) is 0 Å². The first-order valence-electron chi connectivity index (χ1n) is 11.4. The molecule has 0 bridgehead atoms. The maximum Gasteiger partial charge on any atom is 0.318 e. The molecule has 0 atom stereocenters. The second-order valence-corrected chi connectivity index (χ2v) is 8.25. The van der Waals surface area contributed by atoms with Gasteiger partial charge in [-0.3, -0.25) is 4.99 Å². The number of hydrogen-bond donors (Lipinski definition) is 3. The average molecular weight is 486 g/mol.